The number of pyridine rings is 1. The van der Waals surface area contributed by atoms with E-state index in [-0.39, 0.29) is 11.0 Å². The van der Waals surface area contributed by atoms with Crippen molar-refractivity contribution in [1.82, 2.24) is 4.57 Å². The normalized spacial score (nSPS) is 10.6. The Balaban J connectivity index is 2.94. The molecule has 4 heteroatoms. The first-order valence-corrected chi connectivity index (χ1v) is 5.35. The number of carbonyl (C=O) groups excluding carboxylic acids is 1. The molecule has 82 valence electrons. The maximum Gasteiger partial charge on any atom is 0.257 e. The monoisotopic (exact) mass is 235 g/mol. The van der Waals surface area contributed by atoms with Crippen LogP contribution in [0.4, 0.5) is 0 Å². The molecule has 0 unspecified atom stereocenters. The lowest BCUT2D eigenvalue weighted by Crippen LogP contribution is -2.16. The second-order valence-electron chi connectivity index (χ2n) is 3.45. The van der Waals surface area contributed by atoms with Crippen LogP contribution in [0.2, 0.25) is 0 Å². The Morgan fingerprint density at radius 2 is 2.06 bits per heavy atom. The number of para-hydroxylation sites is 1. The van der Waals surface area contributed by atoms with Crippen molar-refractivity contribution >= 4 is 27.7 Å². The molecular weight excluding hydrogens is 226 g/mol. The fourth-order valence-electron chi connectivity index (χ4n) is 1.75. The van der Waals surface area contributed by atoms with Gasteiger partial charge in [0.2, 0.25) is 5.43 Å². The number of fused-ring (bicyclic) bond motifs is 1. The smallest absolute Gasteiger partial charge is 0.257 e. The van der Waals surface area contributed by atoms with Gasteiger partial charge >= 0.3 is 0 Å². The van der Waals surface area contributed by atoms with Gasteiger partial charge < -0.3 is 4.57 Å². The minimum absolute atomic E-state index is 0.0298. The van der Waals surface area contributed by atoms with Gasteiger partial charge in [0.1, 0.15) is 0 Å². The van der Waals surface area contributed by atoms with E-state index >= 15 is 0 Å². The zero-order valence-electron chi connectivity index (χ0n) is 8.74. The molecule has 2 rings (SSSR count). The summed E-state index contributed by atoms with van der Waals surface area (Å²) in [6, 6.07) is 7.18. The molecule has 0 radical (unpaired) electrons. The van der Waals surface area contributed by atoms with Gasteiger partial charge in [0.15, 0.2) is 0 Å². The standard InChI is InChI=1S/C12H10ClNO2/c1-2-14-7-9(12(13)16)11(15)8-5-3-4-6-10(8)14/h3-7H,2H2,1H3. The summed E-state index contributed by atoms with van der Waals surface area (Å²) in [6.07, 6.45) is 1.51. The van der Waals surface area contributed by atoms with Crippen LogP contribution in [-0.4, -0.2) is 9.81 Å². The molecule has 0 saturated carbocycles. The average Bonchev–Trinajstić information content (AvgIpc) is 2.29. The molecule has 16 heavy (non-hydrogen) atoms. The molecule has 0 aliphatic carbocycles. The molecule has 2 aromatic rings. The molecule has 0 saturated heterocycles. The second-order valence-corrected chi connectivity index (χ2v) is 3.79. The summed E-state index contributed by atoms with van der Waals surface area (Å²) in [7, 11) is 0. The Morgan fingerprint density at radius 1 is 1.38 bits per heavy atom. The molecular formula is C12H10ClNO2. The van der Waals surface area contributed by atoms with Gasteiger partial charge in [-0.15, -0.1) is 0 Å². The Labute approximate surface area is 97.3 Å². The number of rotatable bonds is 2. The summed E-state index contributed by atoms with van der Waals surface area (Å²) in [6.45, 7) is 2.62. The van der Waals surface area contributed by atoms with E-state index in [4.69, 9.17) is 11.6 Å². The third kappa shape index (κ3) is 1.63. The van der Waals surface area contributed by atoms with Gasteiger partial charge in [-0.2, -0.15) is 0 Å². The van der Waals surface area contributed by atoms with E-state index in [0.29, 0.717) is 11.9 Å². The lowest BCUT2D eigenvalue weighted by atomic mass is 10.1. The van der Waals surface area contributed by atoms with Gasteiger partial charge in [-0.1, -0.05) is 12.1 Å². The molecule has 0 bridgehead atoms. The van der Waals surface area contributed by atoms with Crippen molar-refractivity contribution < 1.29 is 4.79 Å². The Kier molecular flexibility index (Phi) is 2.79. The number of halogens is 1. The molecule has 3 nitrogen and oxygen atoms in total. The fraction of sp³-hybridized carbons (Fsp3) is 0.167. The molecule has 0 N–H and O–H groups in total. The summed E-state index contributed by atoms with van der Waals surface area (Å²) in [5, 5.41) is -0.186. The van der Waals surface area contributed by atoms with E-state index in [2.05, 4.69) is 0 Å². The van der Waals surface area contributed by atoms with Gasteiger partial charge in [0.25, 0.3) is 5.24 Å². The van der Waals surface area contributed by atoms with Crippen molar-refractivity contribution in [3.05, 3.63) is 46.2 Å². The average molecular weight is 236 g/mol. The summed E-state index contributed by atoms with van der Waals surface area (Å²) < 4.78 is 1.84. The van der Waals surface area contributed by atoms with Crippen molar-refractivity contribution in [3.63, 3.8) is 0 Å². The predicted molar refractivity (Wildman–Crippen MR) is 64.1 cm³/mol. The summed E-state index contributed by atoms with van der Waals surface area (Å²) in [5.74, 6) is 0. The highest BCUT2D eigenvalue weighted by molar-refractivity contribution is 6.67. The van der Waals surface area contributed by atoms with Crippen molar-refractivity contribution in [2.75, 3.05) is 0 Å². The molecule has 1 aromatic carbocycles. The molecule has 0 fully saturated rings. The molecule has 0 spiro atoms. The number of benzene rings is 1. The van der Waals surface area contributed by atoms with Gasteiger partial charge in [-0.05, 0) is 30.7 Å². The van der Waals surface area contributed by atoms with E-state index in [1.54, 1.807) is 12.1 Å². The van der Waals surface area contributed by atoms with E-state index in [9.17, 15) is 9.59 Å². The molecule has 0 aliphatic rings. The zero-order valence-corrected chi connectivity index (χ0v) is 9.49. The first-order valence-electron chi connectivity index (χ1n) is 4.97. The van der Waals surface area contributed by atoms with Crippen molar-refractivity contribution in [3.8, 4) is 0 Å². The number of carbonyl (C=O) groups is 1. The van der Waals surface area contributed by atoms with E-state index in [0.717, 1.165) is 5.52 Å². The molecule has 0 atom stereocenters. The van der Waals surface area contributed by atoms with Crippen LogP contribution < -0.4 is 5.43 Å². The first-order chi connectivity index (χ1) is 7.65. The highest BCUT2D eigenvalue weighted by atomic mass is 35.5. The highest BCUT2D eigenvalue weighted by Gasteiger charge is 2.12. The Morgan fingerprint density at radius 3 is 2.69 bits per heavy atom. The molecule has 1 heterocycles. The topological polar surface area (TPSA) is 39.1 Å². The third-order valence-electron chi connectivity index (χ3n) is 2.54. The van der Waals surface area contributed by atoms with Gasteiger partial charge in [0.05, 0.1) is 11.1 Å². The third-order valence-corrected chi connectivity index (χ3v) is 2.74. The Bertz CT molecular complexity index is 616. The molecule has 0 aliphatic heterocycles. The van der Waals surface area contributed by atoms with Gasteiger partial charge in [-0.25, -0.2) is 0 Å². The number of hydrogen-bond donors (Lipinski definition) is 0. The van der Waals surface area contributed by atoms with E-state index in [1.165, 1.54) is 6.20 Å². The molecule has 1 aromatic heterocycles. The number of hydrogen-bond acceptors (Lipinski definition) is 2. The summed E-state index contributed by atoms with van der Waals surface area (Å²) in [5.41, 5.74) is 0.541. The van der Waals surface area contributed by atoms with Gasteiger partial charge in [-0.3, -0.25) is 9.59 Å². The summed E-state index contributed by atoms with van der Waals surface area (Å²) in [4.78, 5) is 23.0. The van der Waals surface area contributed by atoms with Crippen LogP contribution in [0.3, 0.4) is 0 Å². The Hall–Kier alpha value is -1.61. The minimum Gasteiger partial charge on any atom is -0.347 e. The minimum atomic E-state index is -0.710. The van der Waals surface area contributed by atoms with Crippen LogP contribution >= 0.6 is 11.6 Å². The van der Waals surface area contributed by atoms with Crippen molar-refractivity contribution in [1.29, 1.82) is 0 Å². The van der Waals surface area contributed by atoms with Crippen LogP contribution in [0.25, 0.3) is 10.9 Å². The SMILES string of the molecule is CCn1cc(C(=O)Cl)c(=O)c2ccccc21. The lowest BCUT2D eigenvalue weighted by Gasteiger charge is -2.09. The van der Waals surface area contributed by atoms with Crippen LogP contribution in [0, 0.1) is 0 Å². The highest BCUT2D eigenvalue weighted by Crippen LogP contribution is 2.12. The van der Waals surface area contributed by atoms with E-state index in [1.807, 2.05) is 23.6 Å². The zero-order chi connectivity index (χ0) is 11.7. The van der Waals surface area contributed by atoms with Crippen molar-refractivity contribution in [2.24, 2.45) is 0 Å². The maximum absolute atomic E-state index is 11.9. The largest absolute Gasteiger partial charge is 0.347 e. The van der Waals surface area contributed by atoms with Crippen molar-refractivity contribution in [2.45, 2.75) is 13.5 Å². The second kappa shape index (κ2) is 4.10. The summed E-state index contributed by atoms with van der Waals surface area (Å²) >= 11 is 5.39. The van der Waals surface area contributed by atoms with Crippen LogP contribution in [-0.2, 0) is 6.54 Å². The first kappa shape index (κ1) is 10.9. The number of aromatic nitrogens is 1. The van der Waals surface area contributed by atoms with Crippen LogP contribution in [0.15, 0.2) is 35.3 Å². The molecule has 0 amide bonds. The number of aryl methyl sites for hydroxylation is 1. The maximum atomic E-state index is 11.9. The lowest BCUT2D eigenvalue weighted by molar-refractivity contribution is 0.108. The van der Waals surface area contributed by atoms with Gasteiger partial charge in [0, 0.05) is 18.1 Å². The fourth-order valence-corrected chi connectivity index (χ4v) is 1.88. The number of nitrogens with zero attached hydrogens (tertiary/aromatic N) is 1. The van der Waals surface area contributed by atoms with Crippen LogP contribution in [0.1, 0.15) is 17.3 Å². The quantitative estimate of drug-likeness (QED) is 0.750. The van der Waals surface area contributed by atoms with E-state index < -0.39 is 5.24 Å². The predicted octanol–water partition coefficient (Wildman–Crippen LogP) is 2.40. The van der Waals surface area contributed by atoms with Crippen LogP contribution in [0.5, 0.6) is 0 Å².